The lowest BCUT2D eigenvalue weighted by molar-refractivity contribution is -0.133. The Morgan fingerprint density at radius 3 is 2.67 bits per heavy atom. The highest BCUT2D eigenvalue weighted by atomic mass is 16.5. The standard InChI is InChI=1S/C20H19N3O4/c24-19(23-11-9-22(10-12-23)18-3-1-2-8-21-18)14-26-16-6-4-15-5-7-20(25)27-17(15)13-16/h1-8,13H,9-12,14H2. The highest BCUT2D eigenvalue weighted by Crippen LogP contribution is 2.19. The quantitative estimate of drug-likeness (QED) is 0.658. The normalized spacial score (nSPS) is 14.4. The molecule has 27 heavy (non-hydrogen) atoms. The Morgan fingerprint density at radius 2 is 1.89 bits per heavy atom. The van der Waals surface area contributed by atoms with E-state index in [0.29, 0.717) is 24.4 Å². The fraction of sp³-hybridized carbons (Fsp3) is 0.250. The topological polar surface area (TPSA) is 75.9 Å². The second-order valence-corrected chi connectivity index (χ2v) is 6.30. The predicted octanol–water partition coefficient (Wildman–Crippen LogP) is 1.92. The third-order valence-corrected chi connectivity index (χ3v) is 4.56. The molecule has 1 aliphatic rings. The average molecular weight is 365 g/mol. The number of piperazine rings is 1. The van der Waals surface area contributed by atoms with E-state index in [4.69, 9.17) is 9.15 Å². The van der Waals surface area contributed by atoms with Gasteiger partial charge in [0.25, 0.3) is 5.91 Å². The van der Waals surface area contributed by atoms with E-state index in [1.54, 1.807) is 35.4 Å². The summed E-state index contributed by atoms with van der Waals surface area (Å²) in [5.74, 6) is 1.36. The molecule has 1 aromatic carbocycles. The summed E-state index contributed by atoms with van der Waals surface area (Å²) < 4.78 is 10.7. The summed E-state index contributed by atoms with van der Waals surface area (Å²) >= 11 is 0. The number of hydrogen-bond donors (Lipinski definition) is 0. The predicted molar refractivity (Wildman–Crippen MR) is 101 cm³/mol. The molecule has 0 atom stereocenters. The molecule has 3 heterocycles. The molecule has 7 heteroatoms. The molecule has 1 fully saturated rings. The van der Waals surface area contributed by atoms with E-state index < -0.39 is 5.63 Å². The van der Waals surface area contributed by atoms with Gasteiger partial charge in [-0.2, -0.15) is 0 Å². The summed E-state index contributed by atoms with van der Waals surface area (Å²) in [5, 5.41) is 0.805. The van der Waals surface area contributed by atoms with Crippen LogP contribution in [0.25, 0.3) is 11.0 Å². The largest absolute Gasteiger partial charge is 0.484 e. The van der Waals surface area contributed by atoms with Gasteiger partial charge in [-0.15, -0.1) is 0 Å². The SMILES string of the molecule is O=C(COc1ccc2ccc(=O)oc2c1)N1CCN(c2ccccn2)CC1. The van der Waals surface area contributed by atoms with Crippen LogP contribution in [0.1, 0.15) is 0 Å². The van der Waals surface area contributed by atoms with Crippen LogP contribution >= 0.6 is 0 Å². The van der Waals surface area contributed by atoms with Crippen molar-refractivity contribution in [1.82, 2.24) is 9.88 Å². The summed E-state index contributed by atoms with van der Waals surface area (Å²) in [6.07, 6.45) is 1.77. The average Bonchev–Trinajstić information content (AvgIpc) is 2.72. The van der Waals surface area contributed by atoms with Crippen LogP contribution in [0.4, 0.5) is 5.82 Å². The first-order chi connectivity index (χ1) is 13.2. The van der Waals surface area contributed by atoms with Crippen molar-refractivity contribution < 1.29 is 13.9 Å². The molecule has 1 aliphatic heterocycles. The van der Waals surface area contributed by atoms with Gasteiger partial charge in [-0.25, -0.2) is 9.78 Å². The van der Waals surface area contributed by atoms with Crippen LogP contribution in [0.5, 0.6) is 5.75 Å². The smallest absolute Gasteiger partial charge is 0.336 e. The minimum absolute atomic E-state index is 0.0494. The van der Waals surface area contributed by atoms with Gasteiger partial charge in [0, 0.05) is 49.9 Å². The summed E-state index contributed by atoms with van der Waals surface area (Å²) in [7, 11) is 0. The van der Waals surface area contributed by atoms with E-state index in [1.165, 1.54) is 6.07 Å². The van der Waals surface area contributed by atoms with E-state index >= 15 is 0 Å². The molecule has 0 radical (unpaired) electrons. The third kappa shape index (κ3) is 3.92. The van der Waals surface area contributed by atoms with Gasteiger partial charge in [-0.1, -0.05) is 6.07 Å². The van der Waals surface area contributed by atoms with Gasteiger partial charge in [0.2, 0.25) is 0 Å². The van der Waals surface area contributed by atoms with Crippen LogP contribution in [0.2, 0.25) is 0 Å². The van der Waals surface area contributed by atoms with Crippen LogP contribution in [-0.4, -0.2) is 48.6 Å². The number of pyridine rings is 1. The van der Waals surface area contributed by atoms with Gasteiger partial charge in [0.05, 0.1) is 0 Å². The number of carbonyl (C=O) groups excluding carboxylic acids is 1. The molecule has 1 saturated heterocycles. The zero-order chi connectivity index (χ0) is 18.6. The Bertz CT molecular complexity index is 995. The molecular formula is C20H19N3O4. The van der Waals surface area contributed by atoms with Gasteiger partial charge in [0.1, 0.15) is 17.2 Å². The van der Waals surface area contributed by atoms with Gasteiger partial charge in [-0.05, 0) is 30.3 Å². The van der Waals surface area contributed by atoms with Crippen LogP contribution in [-0.2, 0) is 4.79 Å². The molecular weight excluding hydrogens is 346 g/mol. The van der Waals surface area contributed by atoms with Crippen molar-refractivity contribution in [2.45, 2.75) is 0 Å². The number of fused-ring (bicyclic) bond motifs is 1. The molecule has 138 valence electrons. The number of nitrogens with zero attached hydrogens (tertiary/aromatic N) is 3. The Hall–Kier alpha value is -3.35. The molecule has 0 bridgehead atoms. The van der Waals surface area contributed by atoms with Crippen molar-refractivity contribution in [2.24, 2.45) is 0 Å². The molecule has 2 aromatic heterocycles. The Morgan fingerprint density at radius 1 is 1.07 bits per heavy atom. The van der Waals surface area contributed by atoms with Crippen LogP contribution in [0, 0.1) is 0 Å². The number of aromatic nitrogens is 1. The van der Waals surface area contributed by atoms with Gasteiger partial charge < -0.3 is 19.0 Å². The second-order valence-electron chi connectivity index (χ2n) is 6.30. The van der Waals surface area contributed by atoms with E-state index in [1.807, 2.05) is 18.2 Å². The van der Waals surface area contributed by atoms with Crippen LogP contribution in [0.15, 0.2) is 63.9 Å². The highest BCUT2D eigenvalue weighted by Gasteiger charge is 2.22. The Kier molecular flexibility index (Phi) is 4.74. The lowest BCUT2D eigenvalue weighted by Crippen LogP contribution is -2.50. The fourth-order valence-electron chi connectivity index (χ4n) is 3.09. The summed E-state index contributed by atoms with van der Waals surface area (Å²) in [6.45, 7) is 2.69. The summed E-state index contributed by atoms with van der Waals surface area (Å²) in [4.78, 5) is 32.0. The maximum atomic E-state index is 12.4. The van der Waals surface area contributed by atoms with E-state index in [0.717, 1.165) is 24.3 Å². The molecule has 1 amide bonds. The Balaban J connectivity index is 1.33. The lowest BCUT2D eigenvalue weighted by atomic mass is 10.2. The molecule has 7 nitrogen and oxygen atoms in total. The number of amides is 1. The van der Waals surface area contributed by atoms with Crippen LogP contribution < -0.4 is 15.3 Å². The molecule has 3 aromatic rings. The van der Waals surface area contributed by atoms with E-state index in [-0.39, 0.29) is 12.5 Å². The minimum atomic E-state index is -0.415. The molecule has 0 N–H and O–H groups in total. The van der Waals surface area contributed by atoms with Gasteiger partial charge >= 0.3 is 5.63 Å². The van der Waals surface area contributed by atoms with Gasteiger partial charge in [0.15, 0.2) is 6.61 Å². The first kappa shape index (κ1) is 17.1. The van der Waals surface area contributed by atoms with Crippen molar-refractivity contribution in [3.63, 3.8) is 0 Å². The molecule has 0 spiro atoms. The van der Waals surface area contributed by atoms with Crippen molar-refractivity contribution in [3.8, 4) is 5.75 Å². The summed E-state index contributed by atoms with van der Waals surface area (Å²) in [5.41, 5.74) is 0.0259. The van der Waals surface area contributed by atoms with Gasteiger partial charge in [-0.3, -0.25) is 4.79 Å². The maximum absolute atomic E-state index is 12.4. The number of ether oxygens (including phenoxy) is 1. The first-order valence-corrected chi connectivity index (χ1v) is 8.79. The maximum Gasteiger partial charge on any atom is 0.336 e. The monoisotopic (exact) mass is 365 g/mol. The van der Waals surface area contributed by atoms with E-state index in [9.17, 15) is 9.59 Å². The molecule has 0 unspecified atom stereocenters. The minimum Gasteiger partial charge on any atom is -0.484 e. The van der Waals surface area contributed by atoms with Crippen molar-refractivity contribution in [2.75, 3.05) is 37.7 Å². The fourth-order valence-corrected chi connectivity index (χ4v) is 3.09. The van der Waals surface area contributed by atoms with Crippen molar-refractivity contribution >= 4 is 22.7 Å². The zero-order valence-electron chi connectivity index (χ0n) is 14.7. The number of hydrogen-bond acceptors (Lipinski definition) is 6. The zero-order valence-corrected chi connectivity index (χ0v) is 14.7. The summed E-state index contributed by atoms with van der Waals surface area (Å²) in [6, 6.07) is 14.1. The molecule has 4 rings (SSSR count). The number of carbonyl (C=O) groups is 1. The molecule has 0 aliphatic carbocycles. The van der Waals surface area contributed by atoms with E-state index in [2.05, 4.69) is 9.88 Å². The Labute approximate surface area is 155 Å². The number of benzene rings is 1. The lowest BCUT2D eigenvalue weighted by Gasteiger charge is -2.35. The van der Waals surface area contributed by atoms with Crippen molar-refractivity contribution in [3.05, 3.63) is 65.1 Å². The number of anilines is 1. The second kappa shape index (κ2) is 7.49. The van der Waals surface area contributed by atoms with Crippen molar-refractivity contribution in [1.29, 1.82) is 0 Å². The third-order valence-electron chi connectivity index (χ3n) is 4.56. The molecule has 0 saturated carbocycles. The first-order valence-electron chi connectivity index (χ1n) is 8.79. The number of rotatable bonds is 4. The highest BCUT2D eigenvalue weighted by molar-refractivity contribution is 5.79. The van der Waals surface area contributed by atoms with Crippen LogP contribution in [0.3, 0.4) is 0 Å².